The van der Waals surface area contributed by atoms with Gasteiger partial charge in [-0.05, 0) is 32.8 Å². The summed E-state index contributed by atoms with van der Waals surface area (Å²) in [4.78, 5) is 0. The molecule has 1 aromatic heterocycles. The van der Waals surface area contributed by atoms with Crippen LogP contribution in [-0.4, -0.2) is 33.7 Å². The molecule has 0 aliphatic heterocycles. The maximum Gasteiger partial charge on any atom is 0.0855 e. The van der Waals surface area contributed by atoms with Gasteiger partial charge in [-0.1, -0.05) is 0 Å². The molecule has 0 saturated heterocycles. The van der Waals surface area contributed by atoms with Gasteiger partial charge in [0.2, 0.25) is 0 Å². The number of hydrogen-bond donors (Lipinski definition) is 1. The molecule has 0 spiro atoms. The lowest BCUT2D eigenvalue weighted by Gasteiger charge is -2.22. The Morgan fingerprint density at radius 2 is 2.33 bits per heavy atom. The molecule has 0 aliphatic carbocycles. The topological polar surface area (TPSA) is 47.3 Å². The van der Waals surface area contributed by atoms with Crippen LogP contribution in [0.5, 0.6) is 0 Å². The molecule has 1 rings (SSSR count). The molecule has 0 aromatic carbocycles. The molecule has 15 heavy (non-hydrogen) atoms. The highest BCUT2D eigenvalue weighted by atomic mass is 16.5. The van der Waals surface area contributed by atoms with E-state index >= 15 is 0 Å². The number of aromatic nitrogens is 2. The van der Waals surface area contributed by atoms with Crippen LogP contribution in [0.15, 0.2) is 12.3 Å². The third-order valence-electron chi connectivity index (χ3n) is 2.46. The monoisotopic (exact) mass is 212 g/mol. The summed E-state index contributed by atoms with van der Waals surface area (Å²) in [7, 11) is 1.91. The van der Waals surface area contributed by atoms with Crippen molar-refractivity contribution in [2.75, 3.05) is 13.2 Å². The molecule has 0 bridgehead atoms. The molecule has 86 valence electrons. The molecule has 1 N–H and O–H groups in total. The van der Waals surface area contributed by atoms with Gasteiger partial charge >= 0.3 is 0 Å². The van der Waals surface area contributed by atoms with Crippen molar-refractivity contribution in [1.82, 2.24) is 9.78 Å². The Bertz CT molecular complexity index is 295. The molecule has 1 heterocycles. The van der Waals surface area contributed by atoms with Crippen LogP contribution in [0.1, 0.15) is 26.0 Å². The van der Waals surface area contributed by atoms with Crippen molar-refractivity contribution >= 4 is 0 Å². The predicted molar refractivity (Wildman–Crippen MR) is 58.6 cm³/mol. The molecular formula is C11H20N2O2. The lowest BCUT2D eigenvalue weighted by molar-refractivity contribution is -0.0354. The van der Waals surface area contributed by atoms with Gasteiger partial charge in [-0.25, -0.2) is 0 Å². The molecule has 1 unspecified atom stereocenters. The van der Waals surface area contributed by atoms with Crippen molar-refractivity contribution in [3.8, 4) is 0 Å². The molecule has 4 heteroatoms. The number of nitrogens with zero attached hydrogens (tertiary/aromatic N) is 2. The summed E-state index contributed by atoms with van der Waals surface area (Å²) in [5.41, 5.74) is 0.382. The highest BCUT2D eigenvalue weighted by Crippen LogP contribution is 2.14. The summed E-state index contributed by atoms with van der Waals surface area (Å²) in [5, 5.41) is 14.1. The number of rotatable bonds is 6. The van der Waals surface area contributed by atoms with Gasteiger partial charge in [-0.3, -0.25) is 4.68 Å². The number of hydrogen-bond acceptors (Lipinski definition) is 3. The van der Waals surface area contributed by atoms with E-state index in [1.54, 1.807) is 13.1 Å². The highest BCUT2D eigenvalue weighted by Gasteiger charge is 2.20. The van der Waals surface area contributed by atoms with Gasteiger partial charge in [0, 0.05) is 25.5 Å². The largest absolute Gasteiger partial charge is 0.388 e. The standard InChI is InChI=1S/C11H20N2O2/c1-4-15-9-11(2,14)7-5-10-6-8-12-13(10)3/h6,8,14H,4-5,7,9H2,1-3H3. The van der Waals surface area contributed by atoms with Crippen LogP contribution in [0, 0.1) is 0 Å². The van der Waals surface area contributed by atoms with Crippen LogP contribution in [-0.2, 0) is 18.2 Å². The normalized spacial score (nSPS) is 15.2. The molecular weight excluding hydrogens is 192 g/mol. The summed E-state index contributed by atoms with van der Waals surface area (Å²) in [5.74, 6) is 0. The van der Waals surface area contributed by atoms with E-state index in [0.29, 0.717) is 19.6 Å². The van der Waals surface area contributed by atoms with Crippen molar-refractivity contribution in [3.05, 3.63) is 18.0 Å². The second-order valence-electron chi connectivity index (χ2n) is 4.08. The van der Waals surface area contributed by atoms with E-state index in [0.717, 1.165) is 12.1 Å². The third kappa shape index (κ3) is 4.01. The predicted octanol–water partition coefficient (Wildman–Crippen LogP) is 1.14. The van der Waals surface area contributed by atoms with Gasteiger partial charge in [0.05, 0.1) is 12.2 Å². The van der Waals surface area contributed by atoms with Crippen molar-refractivity contribution in [3.63, 3.8) is 0 Å². The van der Waals surface area contributed by atoms with Crippen LogP contribution < -0.4 is 0 Å². The molecule has 0 amide bonds. The maximum atomic E-state index is 9.98. The first-order valence-electron chi connectivity index (χ1n) is 5.32. The minimum atomic E-state index is -0.750. The zero-order chi connectivity index (χ0) is 11.3. The van der Waals surface area contributed by atoms with Crippen molar-refractivity contribution in [2.24, 2.45) is 7.05 Å². The van der Waals surface area contributed by atoms with E-state index in [-0.39, 0.29) is 0 Å². The Morgan fingerprint density at radius 3 is 2.87 bits per heavy atom. The molecule has 1 aromatic rings. The molecule has 0 saturated carbocycles. The zero-order valence-electron chi connectivity index (χ0n) is 9.73. The van der Waals surface area contributed by atoms with Gasteiger partial charge in [0.1, 0.15) is 0 Å². The number of aliphatic hydroxyl groups is 1. The van der Waals surface area contributed by atoms with E-state index in [4.69, 9.17) is 4.74 Å². The first kappa shape index (κ1) is 12.2. The third-order valence-corrected chi connectivity index (χ3v) is 2.46. The first-order chi connectivity index (χ1) is 7.05. The minimum Gasteiger partial charge on any atom is -0.388 e. The lowest BCUT2D eigenvalue weighted by atomic mass is 10.0. The average molecular weight is 212 g/mol. The Morgan fingerprint density at radius 1 is 1.60 bits per heavy atom. The van der Waals surface area contributed by atoms with Crippen LogP contribution >= 0.6 is 0 Å². The summed E-state index contributed by atoms with van der Waals surface area (Å²) in [6.07, 6.45) is 3.27. The molecule has 4 nitrogen and oxygen atoms in total. The fourth-order valence-electron chi connectivity index (χ4n) is 1.44. The summed E-state index contributed by atoms with van der Waals surface area (Å²) < 4.78 is 7.06. The first-order valence-corrected chi connectivity index (χ1v) is 5.32. The second kappa shape index (κ2) is 5.28. The molecule has 0 fully saturated rings. The highest BCUT2D eigenvalue weighted by molar-refractivity contribution is 5.00. The Hall–Kier alpha value is -0.870. The summed E-state index contributed by atoms with van der Waals surface area (Å²) >= 11 is 0. The second-order valence-corrected chi connectivity index (χ2v) is 4.08. The van der Waals surface area contributed by atoms with Gasteiger partial charge in [-0.15, -0.1) is 0 Å². The number of ether oxygens (including phenoxy) is 1. The lowest BCUT2D eigenvalue weighted by Crippen LogP contribution is -2.31. The van der Waals surface area contributed by atoms with Crippen molar-refractivity contribution < 1.29 is 9.84 Å². The average Bonchev–Trinajstić information content (AvgIpc) is 2.58. The Labute approximate surface area is 90.9 Å². The van der Waals surface area contributed by atoms with Crippen molar-refractivity contribution in [1.29, 1.82) is 0 Å². The van der Waals surface area contributed by atoms with E-state index in [1.807, 2.05) is 24.7 Å². The van der Waals surface area contributed by atoms with Crippen LogP contribution in [0.3, 0.4) is 0 Å². The smallest absolute Gasteiger partial charge is 0.0855 e. The molecule has 0 aliphatic rings. The summed E-state index contributed by atoms with van der Waals surface area (Å²) in [6, 6.07) is 1.97. The fourth-order valence-corrected chi connectivity index (χ4v) is 1.44. The molecule has 1 atom stereocenters. The Kier molecular flexibility index (Phi) is 4.29. The van der Waals surface area contributed by atoms with Gasteiger partial charge in [-0.2, -0.15) is 5.10 Å². The SMILES string of the molecule is CCOCC(C)(O)CCc1ccnn1C. The summed E-state index contributed by atoms with van der Waals surface area (Å²) in [6.45, 7) is 4.76. The van der Waals surface area contributed by atoms with Crippen LogP contribution in [0.4, 0.5) is 0 Å². The fraction of sp³-hybridized carbons (Fsp3) is 0.727. The van der Waals surface area contributed by atoms with E-state index in [2.05, 4.69) is 5.10 Å². The van der Waals surface area contributed by atoms with E-state index in [1.165, 1.54) is 0 Å². The van der Waals surface area contributed by atoms with Crippen LogP contribution in [0.2, 0.25) is 0 Å². The van der Waals surface area contributed by atoms with E-state index < -0.39 is 5.60 Å². The van der Waals surface area contributed by atoms with E-state index in [9.17, 15) is 5.11 Å². The van der Waals surface area contributed by atoms with Crippen molar-refractivity contribution in [2.45, 2.75) is 32.3 Å². The minimum absolute atomic E-state index is 0.390. The van der Waals surface area contributed by atoms with Gasteiger partial charge < -0.3 is 9.84 Å². The van der Waals surface area contributed by atoms with Crippen LogP contribution in [0.25, 0.3) is 0 Å². The Balaban J connectivity index is 2.39. The number of aryl methyl sites for hydroxylation is 2. The molecule has 0 radical (unpaired) electrons. The van der Waals surface area contributed by atoms with Gasteiger partial charge in [0.15, 0.2) is 0 Å². The van der Waals surface area contributed by atoms with Gasteiger partial charge in [0.25, 0.3) is 0 Å². The quantitative estimate of drug-likeness (QED) is 0.769. The zero-order valence-corrected chi connectivity index (χ0v) is 9.73. The maximum absolute atomic E-state index is 9.98.